The van der Waals surface area contributed by atoms with Crippen molar-refractivity contribution in [1.29, 1.82) is 5.26 Å². The van der Waals surface area contributed by atoms with Gasteiger partial charge in [-0.15, -0.1) is 0 Å². The van der Waals surface area contributed by atoms with Gasteiger partial charge in [0, 0.05) is 37.2 Å². The Morgan fingerprint density at radius 3 is 2.52 bits per heavy atom. The molecule has 2 N–H and O–H groups in total. The number of anilines is 1. The molecule has 0 spiro atoms. The van der Waals surface area contributed by atoms with Crippen molar-refractivity contribution < 1.29 is 9.53 Å². The van der Waals surface area contributed by atoms with E-state index >= 15 is 0 Å². The molecule has 3 rings (SSSR count). The number of benzene rings is 1. The highest BCUT2D eigenvalue weighted by Crippen LogP contribution is 2.43. The number of hydrogen-bond acceptors (Lipinski definition) is 5. The zero-order valence-corrected chi connectivity index (χ0v) is 14.7. The molecule has 1 aliphatic carbocycles. The molecule has 1 aromatic rings. The summed E-state index contributed by atoms with van der Waals surface area (Å²) in [5, 5.41) is 9.58. The Bertz CT molecular complexity index is 780. The van der Waals surface area contributed by atoms with Gasteiger partial charge < -0.3 is 15.4 Å². The van der Waals surface area contributed by atoms with Crippen LogP contribution in [0.1, 0.15) is 44.6 Å². The van der Waals surface area contributed by atoms with Crippen molar-refractivity contribution in [3.05, 3.63) is 52.6 Å². The topological polar surface area (TPSA) is 79.3 Å². The number of carbonyl (C=O) groups excluding carboxylic acids is 1. The van der Waals surface area contributed by atoms with Crippen LogP contribution in [0.15, 0.2) is 47.1 Å². The number of carbonyl (C=O) groups is 1. The van der Waals surface area contributed by atoms with Gasteiger partial charge in [-0.1, -0.05) is 12.1 Å². The molecule has 130 valence electrons. The van der Waals surface area contributed by atoms with E-state index in [0.717, 1.165) is 30.8 Å². The van der Waals surface area contributed by atoms with Crippen molar-refractivity contribution in [3.63, 3.8) is 0 Å². The number of ether oxygens (including phenoxy) is 1. The molecule has 1 heterocycles. The smallest absolute Gasteiger partial charge is 0.205 e. The molecule has 2 aliphatic rings. The molecule has 0 fully saturated rings. The van der Waals surface area contributed by atoms with Gasteiger partial charge in [0.05, 0.1) is 5.92 Å². The maximum atomic E-state index is 12.5. The van der Waals surface area contributed by atoms with Crippen LogP contribution in [0.4, 0.5) is 5.69 Å². The molecule has 1 atom stereocenters. The first-order chi connectivity index (χ1) is 12.1. The number of ketones is 1. The van der Waals surface area contributed by atoms with Crippen LogP contribution in [0.5, 0.6) is 0 Å². The van der Waals surface area contributed by atoms with Crippen molar-refractivity contribution in [2.75, 3.05) is 18.0 Å². The van der Waals surface area contributed by atoms with Crippen molar-refractivity contribution >= 4 is 11.5 Å². The number of nitrogens with zero attached hydrogens (tertiary/aromatic N) is 2. The van der Waals surface area contributed by atoms with Crippen LogP contribution in [0, 0.1) is 11.3 Å². The second-order valence-electron chi connectivity index (χ2n) is 6.30. The summed E-state index contributed by atoms with van der Waals surface area (Å²) in [7, 11) is 0. The lowest BCUT2D eigenvalue weighted by Gasteiger charge is -2.31. The third-order valence-corrected chi connectivity index (χ3v) is 4.96. The zero-order valence-electron chi connectivity index (χ0n) is 14.7. The Kier molecular flexibility index (Phi) is 4.80. The van der Waals surface area contributed by atoms with E-state index in [-0.39, 0.29) is 11.7 Å². The minimum atomic E-state index is -0.424. The standard InChI is InChI=1S/C20H23N3O2/c1-3-23(4-2)14-10-8-13(9-11-14)18-15(12-21)20(22)25-17-7-5-6-16(24)19(17)18/h8-11,18H,3-7,22H2,1-2H3/t18-/m0/s1. The van der Waals surface area contributed by atoms with Crippen LogP contribution in [0.3, 0.4) is 0 Å². The summed E-state index contributed by atoms with van der Waals surface area (Å²) in [5.74, 6) is 0.381. The van der Waals surface area contributed by atoms with Gasteiger partial charge >= 0.3 is 0 Å². The summed E-state index contributed by atoms with van der Waals surface area (Å²) >= 11 is 0. The van der Waals surface area contributed by atoms with Crippen LogP contribution >= 0.6 is 0 Å². The molecule has 0 saturated heterocycles. The summed E-state index contributed by atoms with van der Waals surface area (Å²) in [5.41, 5.74) is 8.93. The Balaban J connectivity index is 2.05. The van der Waals surface area contributed by atoms with E-state index in [1.807, 2.05) is 24.3 Å². The number of Topliss-reactive ketones (excluding diaryl/α,β-unsaturated/α-hetero) is 1. The molecule has 0 saturated carbocycles. The zero-order chi connectivity index (χ0) is 18.0. The number of allylic oxidation sites excluding steroid dienone is 3. The SMILES string of the molecule is CCN(CC)c1ccc([C@H]2C(C#N)=C(N)OC3=C2C(=O)CCC3)cc1. The molecule has 5 nitrogen and oxygen atoms in total. The van der Waals surface area contributed by atoms with Gasteiger partial charge in [-0.25, -0.2) is 0 Å². The summed E-state index contributed by atoms with van der Waals surface area (Å²) in [6.45, 7) is 6.09. The highest BCUT2D eigenvalue weighted by Gasteiger charge is 2.37. The first-order valence-electron chi connectivity index (χ1n) is 8.79. The molecule has 0 bridgehead atoms. The number of nitrogens with two attached hydrogens (primary N) is 1. The second kappa shape index (κ2) is 7.02. The quantitative estimate of drug-likeness (QED) is 0.911. The summed E-state index contributed by atoms with van der Waals surface area (Å²) in [6.07, 6.45) is 1.95. The molecular formula is C20H23N3O2. The van der Waals surface area contributed by atoms with E-state index in [1.54, 1.807) is 0 Å². The van der Waals surface area contributed by atoms with E-state index in [9.17, 15) is 10.1 Å². The fraction of sp³-hybridized carbons (Fsp3) is 0.400. The third-order valence-electron chi connectivity index (χ3n) is 4.96. The lowest BCUT2D eigenvalue weighted by Crippen LogP contribution is -2.27. The molecule has 0 radical (unpaired) electrons. The van der Waals surface area contributed by atoms with Gasteiger partial charge in [-0.2, -0.15) is 5.26 Å². The number of nitriles is 1. The Morgan fingerprint density at radius 2 is 1.92 bits per heavy atom. The first-order valence-corrected chi connectivity index (χ1v) is 8.79. The number of hydrogen-bond donors (Lipinski definition) is 1. The fourth-order valence-corrected chi connectivity index (χ4v) is 3.66. The predicted molar refractivity (Wildman–Crippen MR) is 96.5 cm³/mol. The average Bonchev–Trinajstić information content (AvgIpc) is 2.62. The summed E-state index contributed by atoms with van der Waals surface area (Å²) in [4.78, 5) is 14.8. The van der Waals surface area contributed by atoms with Gasteiger partial charge in [0.1, 0.15) is 17.4 Å². The van der Waals surface area contributed by atoms with Gasteiger partial charge in [0.15, 0.2) is 5.78 Å². The van der Waals surface area contributed by atoms with Crippen LogP contribution in [-0.4, -0.2) is 18.9 Å². The first kappa shape index (κ1) is 17.1. The molecule has 25 heavy (non-hydrogen) atoms. The molecule has 0 unspecified atom stereocenters. The molecule has 1 aromatic carbocycles. The normalized spacial score (nSPS) is 20.0. The average molecular weight is 337 g/mol. The summed E-state index contributed by atoms with van der Waals surface area (Å²) in [6, 6.07) is 10.2. The lowest BCUT2D eigenvalue weighted by atomic mass is 9.77. The van der Waals surface area contributed by atoms with Crippen molar-refractivity contribution in [1.82, 2.24) is 0 Å². The Morgan fingerprint density at radius 1 is 1.24 bits per heavy atom. The monoisotopic (exact) mass is 337 g/mol. The fourth-order valence-electron chi connectivity index (χ4n) is 3.66. The maximum absolute atomic E-state index is 12.5. The van der Waals surface area contributed by atoms with Gasteiger partial charge in [0.25, 0.3) is 0 Å². The minimum absolute atomic E-state index is 0.0549. The third kappa shape index (κ3) is 3.00. The van der Waals surface area contributed by atoms with Crippen LogP contribution in [0.2, 0.25) is 0 Å². The van der Waals surface area contributed by atoms with E-state index in [2.05, 4.69) is 24.8 Å². The van der Waals surface area contributed by atoms with Gasteiger partial charge in [0.2, 0.25) is 5.88 Å². The minimum Gasteiger partial charge on any atom is -0.444 e. The molecule has 0 amide bonds. The highest BCUT2D eigenvalue weighted by atomic mass is 16.5. The summed E-state index contributed by atoms with van der Waals surface area (Å²) < 4.78 is 5.60. The molecular weight excluding hydrogens is 314 g/mol. The van der Waals surface area contributed by atoms with E-state index in [4.69, 9.17) is 10.5 Å². The Labute approximate surface area is 148 Å². The Hall–Kier alpha value is -2.74. The van der Waals surface area contributed by atoms with Crippen molar-refractivity contribution in [2.24, 2.45) is 5.73 Å². The predicted octanol–water partition coefficient (Wildman–Crippen LogP) is 3.35. The highest BCUT2D eigenvalue weighted by molar-refractivity contribution is 5.99. The second-order valence-corrected chi connectivity index (χ2v) is 6.30. The lowest BCUT2D eigenvalue weighted by molar-refractivity contribution is -0.116. The van der Waals surface area contributed by atoms with Crippen LogP contribution < -0.4 is 10.6 Å². The van der Waals surface area contributed by atoms with Gasteiger partial charge in [-0.3, -0.25) is 4.79 Å². The van der Waals surface area contributed by atoms with Gasteiger partial charge in [-0.05, 0) is 38.0 Å². The van der Waals surface area contributed by atoms with Crippen molar-refractivity contribution in [2.45, 2.75) is 39.0 Å². The molecule has 0 aromatic heterocycles. The number of rotatable bonds is 4. The van der Waals surface area contributed by atoms with E-state index in [0.29, 0.717) is 29.7 Å². The van der Waals surface area contributed by atoms with Crippen LogP contribution in [0.25, 0.3) is 0 Å². The molecule has 5 heteroatoms. The van der Waals surface area contributed by atoms with Crippen molar-refractivity contribution in [3.8, 4) is 6.07 Å². The van der Waals surface area contributed by atoms with E-state index < -0.39 is 5.92 Å². The maximum Gasteiger partial charge on any atom is 0.205 e. The van der Waals surface area contributed by atoms with Crippen LogP contribution in [-0.2, 0) is 9.53 Å². The van der Waals surface area contributed by atoms with E-state index in [1.165, 1.54) is 0 Å². The molecule has 1 aliphatic heterocycles. The largest absolute Gasteiger partial charge is 0.444 e.